The molecule has 5 heteroatoms. The fourth-order valence-electron chi connectivity index (χ4n) is 1.91. The van der Waals surface area contributed by atoms with Gasteiger partial charge in [-0.2, -0.15) is 0 Å². The highest BCUT2D eigenvalue weighted by molar-refractivity contribution is 9.10. The van der Waals surface area contributed by atoms with Crippen LogP contribution in [-0.2, 0) is 9.53 Å². The van der Waals surface area contributed by atoms with Gasteiger partial charge in [0.05, 0.1) is 5.56 Å². The molecule has 1 aliphatic rings. The van der Waals surface area contributed by atoms with Crippen molar-refractivity contribution in [2.24, 2.45) is 4.99 Å². The Morgan fingerprint density at radius 1 is 1.14 bits per heavy atom. The summed E-state index contributed by atoms with van der Waals surface area (Å²) in [6.45, 7) is 0. The SMILES string of the molecule is O=C1OC(c2ccccc2Br)=N/C1=C/c1cccc(Cl)c1. The van der Waals surface area contributed by atoms with E-state index in [9.17, 15) is 4.79 Å². The highest BCUT2D eigenvalue weighted by atomic mass is 79.9. The molecule has 104 valence electrons. The van der Waals surface area contributed by atoms with Gasteiger partial charge in [0.2, 0.25) is 5.90 Å². The first-order valence-electron chi connectivity index (χ1n) is 6.16. The Kier molecular flexibility index (Phi) is 3.90. The molecule has 0 bridgehead atoms. The van der Waals surface area contributed by atoms with Crippen LogP contribution in [0, 0.1) is 0 Å². The molecule has 0 amide bonds. The summed E-state index contributed by atoms with van der Waals surface area (Å²) in [7, 11) is 0. The Morgan fingerprint density at radius 3 is 2.71 bits per heavy atom. The zero-order valence-corrected chi connectivity index (χ0v) is 13.1. The van der Waals surface area contributed by atoms with Crippen LogP contribution in [0.25, 0.3) is 6.08 Å². The third-order valence-corrected chi connectivity index (χ3v) is 3.80. The summed E-state index contributed by atoms with van der Waals surface area (Å²) in [5.41, 5.74) is 1.79. The van der Waals surface area contributed by atoms with Crippen molar-refractivity contribution in [3.05, 3.63) is 74.9 Å². The first kappa shape index (κ1) is 14.0. The van der Waals surface area contributed by atoms with Crippen LogP contribution in [0.15, 0.2) is 63.7 Å². The zero-order chi connectivity index (χ0) is 14.8. The fraction of sp³-hybridized carbons (Fsp3) is 0. The quantitative estimate of drug-likeness (QED) is 0.585. The lowest BCUT2D eigenvalue weighted by atomic mass is 10.2. The summed E-state index contributed by atoms with van der Waals surface area (Å²) in [5, 5.41) is 0.603. The van der Waals surface area contributed by atoms with Crippen molar-refractivity contribution in [1.29, 1.82) is 0 Å². The Balaban J connectivity index is 1.98. The van der Waals surface area contributed by atoms with Crippen molar-refractivity contribution >= 4 is 45.5 Å². The summed E-state index contributed by atoms with van der Waals surface area (Å²) >= 11 is 9.34. The van der Waals surface area contributed by atoms with Crippen LogP contribution in [0.5, 0.6) is 0 Å². The van der Waals surface area contributed by atoms with Gasteiger partial charge < -0.3 is 4.74 Å². The molecule has 3 nitrogen and oxygen atoms in total. The molecule has 21 heavy (non-hydrogen) atoms. The van der Waals surface area contributed by atoms with E-state index in [2.05, 4.69) is 20.9 Å². The van der Waals surface area contributed by atoms with E-state index >= 15 is 0 Å². The number of cyclic esters (lactones) is 1. The van der Waals surface area contributed by atoms with Crippen LogP contribution in [0.2, 0.25) is 5.02 Å². The van der Waals surface area contributed by atoms with E-state index in [1.165, 1.54) is 0 Å². The normalized spacial score (nSPS) is 16.0. The number of nitrogens with zero attached hydrogens (tertiary/aromatic N) is 1. The monoisotopic (exact) mass is 361 g/mol. The van der Waals surface area contributed by atoms with E-state index in [-0.39, 0.29) is 5.70 Å². The highest BCUT2D eigenvalue weighted by Gasteiger charge is 2.25. The van der Waals surface area contributed by atoms with E-state index in [0.29, 0.717) is 10.9 Å². The van der Waals surface area contributed by atoms with Crippen molar-refractivity contribution in [3.63, 3.8) is 0 Å². The molecule has 0 spiro atoms. The van der Waals surface area contributed by atoms with Gasteiger partial charge in [0, 0.05) is 9.50 Å². The van der Waals surface area contributed by atoms with Crippen LogP contribution in [0.1, 0.15) is 11.1 Å². The molecule has 0 N–H and O–H groups in total. The minimum atomic E-state index is -0.472. The highest BCUT2D eigenvalue weighted by Crippen LogP contribution is 2.24. The molecule has 0 saturated heterocycles. The topological polar surface area (TPSA) is 38.7 Å². The van der Waals surface area contributed by atoms with Gasteiger partial charge in [-0.3, -0.25) is 0 Å². The van der Waals surface area contributed by atoms with Crippen LogP contribution < -0.4 is 0 Å². The minimum absolute atomic E-state index is 0.253. The van der Waals surface area contributed by atoms with E-state index in [0.717, 1.165) is 15.6 Å². The van der Waals surface area contributed by atoms with Gasteiger partial charge in [-0.15, -0.1) is 0 Å². The van der Waals surface area contributed by atoms with Gasteiger partial charge in [-0.05, 0) is 51.8 Å². The van der Waals surface area contributed by atoms with Crippen molar-refractivity contribution in [2.75, 3.05) is 0 Å². The maximum Gasteiger partial charge on any atom is 0.363 e. The summed E-state index contributed by atoms with van der Waals surface area (Å²) in [5.74, 6) is -0.179. The fourth-order valence-corrected chi connectivity index (χ4v) is 2.57. The number of hydrogen-bond donors (Lipinski definition) is 0. The van der Waals surface area contributed by atoms with E-state index in [1.807, 2.05) is 36.4 Å². The predicted octanol–water partition coefficient (Wildman–Crippen LogP) is 4.45. The molecule has 0 unspecified atom stereocenters. The molecule has 0 aromatic heterocycles. The van der Waals surface area contributed by atoms with E-state index in [1.54, 1.807) is 18.2 Å². The lowest BCUT2D eigenvalue weighted by molar-refractivity contribution is -0.129. The summed E-state index contributed by atoms with van der Waals surface area (Å²) in [6, 6.07) is 14.6. The van der Waals surface area contributed by atoms with Crippen LogP contribution in [0.3, 0.4) is 0 Å². The molecule has 0 fully saturated rings. The first-order valence-corrected chi connectivity index (χ1v) is 7.33. The maximum absolute atomic E-state index is 11.9. The molecule has 3 rings (SSSR count). The van der Waals surface area contributed by atoms with Crippen molar-refractivity contribution in [2.45, 2.75) is 0 Å². The summed E-state index contributed by atoms with van der Waals surface area (Å²) in [4.78, 5) is 16.2. The third-order valence-electron chi connectivity index (χ3n) is 2.88. The van der Waals surface area contributed by atoms with Gasteiger partial charge in [-0.1, -0.05) is 35.9 Å². The average Bonchev–Trinajstić information content (AvgIpc) is 2.80. The Bertz CT molecular complexity index is 783. The van der Waals surface area contributed by atoms with Crippen LogP contribution >= 0.6 is 27.5 Å². The number of hydrogen-bond acceptors (Lipinski definition) is 3. The van der Waals surface area contributed by atoms with Gasteiger partial charge >= 0.3 is 5.97 Å². The molecule has 2 aromatic carbocycles. The number of rotatable bonds is 2. The molecule has 1 heterocycles. The smallest absolute Gasteiger partial charge is 0.363 e. The number of carbonyl (C=O) groups is 1. The lowest BCUT2D eigenvalue weighted by Crippen LogP contribution is -2.05. The van der Waals surface area contributed by atoms with Gasteiger partial charge in [0.1, 0.15) is 0 Å². The minimum Gasteiger partial charge on any atom is -0.402 e. The van der Waals surface area contributed by atoms with E-state index in [4.69, 9.17) is 16.3 Å². The standard InChI is InChI=1S/C16H9BrClNO2/c17-13-7-2-1-6-12(13)15-19-14(16(20)21-15)9-10-4-3-5-11(18)8-10/h1-9H/b14-9+. The number of ether oxygens (including phenoxy) is 1. The summed E-state index contributed by atoms with van der Waals surface area (Å²) in [6.07, 6.45) is 1.65. The molecule has 2 aromatic rings. The Morgan fingerprint density at radius 2 is 1.95 bits per heavy atom. The maximum atomic E-state index is 11.9. The third kappa shape index (κ3) is 3.06. The number of carbonyl (C=O) groups excluding carboxylic acids is 1. The average molecular weight is 363 g/mol. The first-order chi connectivity index (χ1) is 10.1. The second kappa shape index (κ2) is 5.84. The number of halogens is 2. The molecular formula is C16H9BrClNO2. The van der Waals surface area contributed by atoms with Gasteiger partial charge in [0.15, 0.2) is 5.70 Å². The predicted molar refractivity (Wildman–Crippen MR) is 86.2 cm³/mol. The number of aliphatic imine (C=N–C) groups is 1. The number of esters is 1. The molecular weight excluding hydrogens is 354 g/mol. The van der Waals surface area contributed by atoms with Crippen LogP contribution in [-0.4, -0.2) is 11.9 Å². The van der Waals surface area contributed by atoms with Crippen molar-refractivity contribution < 1.29 is 9.53 Å². The second-order valence-corrected chi connectivity index (χ2v) is 5.66. The molecule has 0 radical (unpaired) electrons. The largest absolute Gasteiger partial charge is 0.402 e. The van der Waals surface area contributed by atoms with Gasteiger partial charge in [0.25, 0.3) is 0 Å². The number of benzene rings is 2. The molecule has 1 aliphatic heterocycles. The van der Waals surface area contributed by atoms with E-state index < -0.39 is 5.97 Å². The lowest BCUT2D eigenvalue weighted by Gasteiger charge is -2.01. The molecule has 0 aliphatic carbocycles. The molecule has 0 saturated carbocycles. The Hall–Kier alpha value is -1.91. The van der Waals surface area contributed by atoms with Crippen LogP contribution in [0.4, 0.5) is 0 Å². The van der Waals surface area contributed by atoms with Gasteiger partial charge in [-0.25, -0.2) is 9.79 Å². The summed E-state index contributed by atoms with van der Waals surface area (Å²) < 4.78 is 6.04. The van der Waals surface area contributed by atoms with Crippen molar-refractivity contribution in [3.8, 4) is 0 Å². The zero-order valence-electron chi connectivity index (χ0n) is 10.7. The second-order valence-electron chi connectivity index (χ2n) is 4.37. The molecule has 0 atom stereocenters. The van der Waals surface area contributed by atoms with Crippen molar-refractivity contribution in [1.82, 2.24) is 0 Å². The Labute approximate surface area is 135 Å².